The highest BCUT2D eigenvalue weighted by atomic mass is 35.5. The van der Waals surface area contributed by atoms with Crippen LogP contribution in [0.15, 0.2) is 34.1 Å². The van der Waals surface area contributed by atoms with E-state index in [0.29, 0.717) is 43.1 Å². The number of benzene rings is 1. The number of aromatic nitrogens is 6. The molecule has 35 heavy (non-hydrogen) atoms. The fourth-order valence-corrected chi connectivity index (χ4v) is 4.31. The standard InChI is InChI=1S/C23H24ClF3N6O2/c1-2-14(5-6-24)20-29-19-21(30-20)31-23(35)33(22(19)34)7-3-4-13-10-28-32(11-13)12-16-17(26)8-15(25)9-18(16)27/h8-11,14H,2-7,12H2,1H3,(H,29,30)(H,31,35). The van der Waals surface area contributed by atoms with Crippen LogP contribution < -0.4 is 11.2 Å². The molecule has 1 aromatic carbocycles. The lowest BCUT2D eigenvalue weighted by Gasteiger charge is -2.08. The molecule has 0 aliphatic rings. The lowest BCUT2D eigenvalue weighted by Crippen LogP contribution is -2.35. The van der Waals surface area contributed by atoms with E-state index in [2.05, 4.69) is 20.1 Å². The van der Waals surface area contributed by atoms with Gasteiger partial charge in [-0.2, -0.15) is 5.10 Å². The number of halogens is 4. The highest BCUT2D eigenvalue weighted by Gasteiger charge is 2.18. The number of H-pyrrole nitrogens is 2. The monoisotopic (exact) mass is 508 g/mol. The molecule has 186 valence electrons. The molecular formula is C23H24ClF3N6O2. The highest BCUT2D eigenvalue weighted by Crippen LogP contribution is 2.22. The molecule has 1 atom stereocenters. The Morgan fingerprint density at radius 1 is 1.14 bits per heavy atom. The molecule has 4 rings (SSSR count). The van der Waals surface area contributed by atoms with E-state index in [1.54, 1.807) is 12.4 Å². The van der Waals surface area contributed by atoms with Gasteiger partial charge >= 0.3 is 5.69 Å². The second-order valence-corrected chi connectivity index (χ2v) is 8.69. The number of nitrogens with one attached hydrogen (secondary N) is 2. The normalized spacial score (nSPS) is 12.5. The molecular weight excluding hydrogens is 485 g/mol. The summed E-state index contributed by atoms with van der Waals surface area (Å²) in [4.78, 5) is 35.5. The maximum atomic E-state index is 13.9. The van der Waals surface area contributed by atoms with Gasteiger partial charge in [-0.3, -0.25) is 19.0 Å². The molecule has 2 N–H and O–H groups in total. The lowest BCUT2D eigenvalue weighted by atomic mass is 10.0. The fourth-order valence-electron chi connectivity index (χ4n) is 4.04. The third-order valence-electron chi connectivity index (χ3n) is 5.95. The quantitative estimate of drug-likeness (QED) is 0.318. The third-order valence-corrected chi connectivity index (χ3v) is 6.17. The number of nitrogens with zero attached hydrogens (tertiary/aromatic N) is 4. The van der Waals surface area contributed by atoms with Crippen molar-refractivity contribution in [2.24, 2.45) is 0 Å². The van der Waals surface area contributed by atoms with E-state index in [4.69, 9.17) is 11.6 Å². The van der Waals surface area contributed by atoms with Gasteiger partial charge in [0.25, 0.3) is 5.56 Å². The van der Waals surface area contributed by atoms with Gasteiger partial charge in [-0.15, -0.1) is 11.6 Å². The summed E-state index contributed by atoms with van der Waals surface area (Å²) in [5.74, 6) is -1.81. The summed E-state index contributed by atoms with van der Waals surface area (Å²) in [5.41, 5.74) is -0.0772. The molecule has 0 amide bonds. The molecule has 0 radical (unpaired) electrons. The van der Waals surface area contributed by atoms with Gasteiger partial charge < -0.3 is 4.98 Å². The molecule has 8 nitrogen and oxygen atoms in total. The SMILES string of the molecule is CCC(CCCl)c1nc2[nH]c(=O)n(CCCc3cnn(Cc4c(F)cc(F)cc4F)c3)c(=O)c2[nH]1. The molecule has 1 unspecified atom stereocenters. The molecule has 0 aliphatic heterocycles. The van der Waals surface area contributed by atoms with Crippen LogP contribution >= 0.6 is 11.6 Å². The molecule has 3 aromatic heterocycles. The summed E-state index contributed by atoms with van der Waals surface area (Å²) in [6.45, 7) is 1.96. The molecule has 0 saturated carbocycles. The summed E-state index contributed by atoms with van der Waals surface area (Å²) >= 11 is 5.86. The lowest BCUT2D eigenvalue weighted by molar-refractivity contribution is 0.508. The number of alkyl halides is 1. The second-order valence-electron chi connectivity index (χ2n) is 8.31. The molecule has 0 saturated heterocycles. The van der Waals surface area contributed by atoms with Gasteiger partial charge in [-0.1, -0.05) is 6.92 Å². The number of fused-ring (bicyclic) bond motifs is 1. The van der Waals surface area contributed by atoms with Crippen molar-refractivity contribution in [1.29, 1.82) is 0 Å². The van der Waals surface area contributed by atoms with Crippen LogP contribution in [0.25, 0.3) is 11.2 Å². The molecule has 4 aromatic rings. The van der Waals surface area contributed by atoms with Crippen LogP contribution in [0.2, 0.25) is 0 Å². The van der Waals surface area contributed by atoms with Gasteiger partial charge in [0.15, 0.2) is 5.65 Å². The molecule has 0 bridgehead atoms. The summed E-state index contributed by atoms with van der Waals surface area (Å²) in [5, 5.41) is 4.09. The van der Waals surface area contributed by atoms with Gasteiger partial charge in [0, 0.05) is 42.2 Å². The number of hydrogen-bond donors (Lipinski definition) is 2. The minimum atomic E-state index is -0.986. The Balaban J connectivity index is 1.45. The Bertz CT molecular complexity index is 1430. The second kappa shape index (κ2) is 10.5. The van der Waals surface area contributed by atoms with Crippen molar-refractivity contribution in [2.75, 3.05) is 5.88 Å². The fraction of sp³-hybridized carbons (Fsp3) is 0.391. The number of aromatic amines is 2. The minimum Gasteiger partial charge on any atom is -0.336 e. The first kappa shape index (κ1) is 24.8. The molecule has 12 heteroatoms. The summed E-state index contributed by atoms with van der Waals surface area (Å²) < 4.78 is 43.3. The number of aryl methyl sites for hydroxylation is 1. The van der Waals surface area contributed by atoms with Crippen molar-refractivity contribution in [2.45, 2.75) is 51.6 Å². The average molecular weight is 509 g/mol. The first-order valence-electron chi connectivity index (χ1n) is 11.2. The van der Waals surface area contributed by atoms with Crippen LogP contribution in [-0.4, -0.2) is 35.2 Å². The largest absolute Gasteiger partial charge is 0.336 e. The first-order chi connectivity index (χ1) is 16.8. The smallest absolute Gasteiger partial charge is 0.330 e. The van der Waals surface area contributed by atoms with Crippen LogP contribution in [0, 0.1) is 17.5 Å². The van der Waals surface area contributed by atoms with E-state index in [1.165, 1.54) is 4.68 Å². The zero-order valence-electron chi connectivity index (χ0n) is 19.0. The topological polar surface area (TPSA) is 101 Å². The Kier molecular flexibility index (Phi) is 7.44. The highest BCUT2D eigenvalue weighted by molar-refractivity contribution is 6.17. The van der Waals surface area contributed by atoms with E-state index in [0.717, 1.165) is 16.6 Å². The van der Waals surface area contributed by atoms with Crippen LogP contribution in [0.4, 0.5) is 13.2 Å². The summed E-state index contributed by atoms with van der Waals surface area (Å²) in [6, 6.07) is 1.25. The van der Waals surface area contributed by atoms with E-state index in [9.17, 15) is 22.8 Å². The van der Waals surface area contributed by atoms with Crippen molar-refractivity contribution in [1.82, 2.24) is 29.3 Å². The molecule has 0 fully saturated rings. The molecule has 0 spiro atoms. The maximum absolute atomic E-state index is 13.9. The van der Waals surface area contributed by atoms with Crippen molar-refractivity contribution >= 4 is 22.8 Å². The van der Waals surface area contributed by atoms with Crippen molar-refractivity contribution < 1.29 is 13.2 Å². The van der Waals surface area contributed by atoms with Crippen LogP contribution in [0.5, 0.6) is 0 Å². The third kappa shape index (κ3) is 5.34. The maximum Gasteiger partial charge on any atom is 0.330 e. The number of hydrogen-bond acceptors (Lipinski definition) is 4. The van der Waals surface area contributed by atoms with Crippen LogP contribution in [-0.2, 0) is 19.5 Å². The first-order valence-corrected chi connectivity index (χ1v) is 11.8. The van der Waals surface area contributed by atoms with Crippen molar-refractivity contribution in [3.63, 3.8) is 0 Å². The van der Waals surface area contributed by atoms with Crippen molar-refractivity contribution in [3.05, 3.63) is 79.8 Å². The summed E-state index contributed by atoms with van der Waals surface area (Å²) in [6.07, 6.45) is 5.56. The molecule has 3 heterocycles. The number of imidazole rings is 1. The van der Waals surface area contributed by atoms with Gasteiger partial charge in [0.1, 0.15) is 28.8 Å². The zero-order chi connectivity index (χ0) is 25.1. The van der Waals surface area contributed by atoms with Crippen LogP contribution in [0.3, 0.4) is 0 Å². The Morgan fingerprint density at radius 2 is 1.89 bits per heavy atom. The average Bonchev–Trinajstić information content (AvgIpc) is 3.43. The van der Waals surface area contributed by atoms with Gasteiger partial charge in [0.2, 0.25) is 0 Å². The minimum absolute atomic E-state index is 0.0599. The van der Waals surface area contributed by atoms with Gasteiger partial charge in [0.05, 0.1) is 12.7 Å². The zero-order valence-corrected chi connectivity index (χ0v) is 19.7. The predicted molar refractivity (Wildman–Crippen MR) is 125 cm³/mol. The van der Waals surface area contributed by atoms with E-state index in [1.807, 2.05) is 6.92 Å². The Hall–Kier alpha value is -3.34. The molecule has 0 aliphatic carbocycles. The number of rotatable bonds is 10. The van der Waals surface area contributed by atoms with Crippen LogP contribution in [0.1, 0.15) is 49.1 Å². The van der Waals surface area contributed by atoms with Gasteiger partial charge in [-0.25, -0.2) is 22.9 Å². The van der Waals surface area contributed by atoms with E-state index < -0.39 is 28.7 Å². The Labute approximate surface area is 202 Å². The van der Waals surface area contributed by atoms with E-state index in [-0.39, 0.29) is 35.7 Å². The summed E-state index contributed by atoms with van der Waals surface area (Å²) in [7, 11) is 0. The van der Waals surface area contributed by atoms with Crippen molar-refractivity contribution in [3.8, 4) is 0 Å². The Morgan fingerprint density at radius 3 is 2.57 bits per heavy atom. The van der Waals surface area contributed by atoms with Gasteiger partial charge in [-0.05, 0) is 31.2 Å². The van der Waals surface area contributed by atoms with E-state index >= 15 is 0 Å². The predicted octanol–water partition coefficient (Wildman–Crippen LogP) is 3.83.